The molecule has 2 aliphatic rings. The maximum absolute atomic E-state index is 13.6. The lowest BCUT2D eigenvalue weighted by molar-refractivity contribution is -0.118. The zero-order valence-corrected chi connectivity index (χ0v) is 15.4. The normalized spacial score (nSPS) is 17.2. The standard InChI is InChI=1S/C23H20N2O3/c1-25-12-14-2-11-20-21(19(14)13-25)24-22(28)23(20,15-3-7-17(26)8-4-15)16-5-9-18(27)10-6-16/h2-11,26-27H,12-13H2,1H3,(H,24,28). The second-order valence-electron chi connectivity index (χ2n) is 7.60. The van der Waals surface area contributed by atoms with E-state index in [1.165, 1.54) is 5.56 Å². The van der Waals surface area contributed by atoms with Gasteiger partial charge in [-0.25, -0.2) is 0 Å². The summed E-state index contributed by atoms with van der Waals surface area (Å²) in [6.07, 6.45) is 0. The molecule has 3 aromatic carbocycles. The van der Waals surface area contributed by atoms with Crippen molar-refractivity contribution in [3.05, 3.63) is 88.5 Å². The summed E-state index contributed by atoms with van der Waals surface area (Å²) in [6.45, 7) is 1.66. The van der Waals surface area contributed by atoms with Crippen molar-refractivity contribution in [2.45, 2.75) is 18.5 Å². The summed E-state index contributed by atoms with van der Waals surface area (Å²) >= 11 is 0. The van der Waals surface area contributed by atoms with Crippen molar-refractivity contribution < 1.29 is 15.0 Å². The molecule has 0 unspecified atom stereocenters. The highest BCUT2D eigenvalue weighted by Crippen LogP contribution is 2.50. The number of nitrogens with zero attached hydrogens (tertiary/aromatic N) is 1. The largest absolute Gasteiger partial charge is 0.508 e. The minimum Gasteiger partial charge on any atom is -0.508 e. The van der Waals surface area contributed by atoms with Crippen molar-refractivity contribution >= 4 is 11.6 Å². The quantitative estimate of drug-likeness (QED) is 0.645. The Kier molecular flexibility index (Phi) is 3.51. The molecule has 0 aromatic heterocycles. The first-order chi connectivity index (χ1) is 13.5. The van der Waals surface area contributed by atoms with Crippen molar-refractivity contribution in [1.29, 1.82) is 0 Å². The van der Waals surface area contributed by atoms with Crippen molar-refractivity contribution in [3.8, 4) is 11.5 Å². The van der Waals surface area contributed by atoms with Gasteiger partial charge >= 0.3 is 0 Å². The van der Waals surface area contributed by atoms with Gasteiger partial charge in [0.2, 0.25) is 5.91 Å². The molecule has 0 radical (unpaired) electrons. The minimum absolute atomic E-state index is 0.123. The van der Waals surface area contributed by atoms with E-state index in [0.717, 1.165) is 41.0 Å². The van der Waals surface area contributed by atoms with Crippen LogP contribution in [0.4, 0.5) is 5.69 Å². The maximum atomic E-state index is 13.6. The zero-order valence-electron chi connectivity index (χ0n) is 15.4. The Bertz CT molecular complexity index is 1040. The first kappa shape index (κ1) is 16.8. The number of nitrogens with one attached hydrogen (secondary N) is 1. The fourth-order valence-electron chi connectivity index (χ4n) is 4.58. The Balaban J connectivity index is 1.82. The first-order valence-electron chi connectivity index (χ1n) is 9.24. The molecule has 0 aliphatic carbocycles. The topological polar surface area (TPSA) is 72.8 Å². The average Bonchev–Trinajstić information content (AvgIpc) is 3.20. The van der Waals surface area contributed by atoms with Crippen LogP contribution in [0.25, 0.3) is 0 Å². The van der Waals surface area contributed by atoms with Gasteiger partial charge in [0.1, 0.15) is 16.9 Å². The predicted molar refractivity (Wildman–Crippen MR) is 106 cm³/mol. The van der Waals surface area contributed by atoms with E-state index in [9.17, 15) is 15.0 Å². The van der Waals surface area contributed by atoms with Crippen LogP contribution < -0.4 is 5.32 Å². The summed E-state index contributed by atoms with van der Waals surface area (Å²) in [5.41, 5.74) is 4.70. The summed E-state index contributed by atoms with van der Waals surface area (Å²) in [4.78, 5) is 15.8. The van der Waals surface area contributed by atoms with Crippen LogP contribution >= 0.6 is 0 Å². The van der Waals surface area contributed by atoms with Crippen LogP contribution in [0, 0.1) is 0 Å². The smallest absolute Gasteiger partial charge is 0.244 e. The number of rotatable bonds is 2. The number of fused-ring (bicyclic) bond motifs is 3. The third-order valence-corrected chi connectivity index (χ3v) is 5.86. The molecule has 2 heterocycles. The molecule has 140 valence electrons. The molecule has 28 heavy (non-hydrogen) atoms. The number of anilines is 1. The number of aromatic hydroxyl groups is 2. The van der Waals surface area contributed by atoms with Crippen LogP contribution in [-0.4, -0.2) is 28.1 Å². The molecule has 0 saturated carbocycles. The highest BCUT2D eigenvalue weighted by atomic mass is 16.3. The van der Waals surface area contributed by atoms with E-state index in [1.54, 1.807) is 48.5 Å². The Morgan fingerprint density at radius 1 is 0.857 bits per heavy atom. The lowest BCUT2D eigenvalue weighted by Crippen LogP contribution is -2.36. The number of hydrogen-bond donors (Lipinski definition) is 3. The highest BCUT2D eigenvalue weighted by Gasteiger charge is 2.51. The summed E-state index contributed by atoms with van der Waals surface area (Å²) in [7, 11) is 2.07. The van der Waals surface area contributed by atoms with Crippen molar-refractivity contribution in [2.75, 3.05) is 12.4 Å². The van der Waals surface area contributed by atoms with Gasteiger partial charge in [-0.1, -0.05) is 36.4 Å². The number of carbonyl (C=O) groups is 1. The first-order valence-corrected chi connectivity index (χ1v) is 9.24. The number of benzene rings is 3. The molecule has 0 bridgehead atoms. The van der Waals surface area contributed by atoms with E-state index in [4.69, 9.17) is 0 Å². The molecule has 0 atom stereocenters. The van der Waals surface area contributed by atoms with E-state index in [1.807, 2.05) is 6.07 Å². The van der Waals surface area contributed by atoms with E-state index >= 15 is 0 Å². The van der Waals surface area contributed by atoms with E-state index < -0.39 is 5.41 Å². The summed E-state index contributed by atoms with van der Waals surface area (Å²) in [5, 5.41) is 22.7. The van der Waals surface area contributed by atoms with Gasteiger partial charge in [0.15, 0.2) is 0 Å². The molecule has 0 saturated heterocycles. The van der Waals surface area contributed by atoms with E-state index in [2.05, 4.69) is 23.3 Å². The van der Waals surface area contributed by atoms with Crippen molar-refractivity contribution in [2.24, 2.45) is 0 Å². The zero-order chi connectivity index (χ0) is 19.5. The van der Waals surface area contributed by atoms with Crippen molar-refractivity contribution in [3.63, 3.8) is 0 Å². The highest BCUT2D eigenvalue weighted by molar-refractivity contribution is 6.12. The Morgan fingerprint density at radius 2 is 1.43 bits per heavy atom. The van der Waals surface area contributed by atoms with Crippen LogP contribution in [0.15, 0.2) is 60.7 Å². The Morgan fingerprint density at radius 3 is 2.00 bits per heavy atom. The Hall–Kier alpha value is -3.31. The van der Waals surface area contributed by atoms with Crippen LogP contribution in [0.1, 0.15) is 27.8 Å². The fourth-order valence-corrected chi connectivity index (χ4v) is 4.58. The van der Waals surface area contributed by atoms with Crippen LogP contribution in [0.5, 0.6) is 11.5 Å². The predicted octanol–water partition coefficient (Wildman–Crippen LogP) is 3.33. The van der Waals surface area contributed by atoms with Gasteiger partial charge in [0, 0.05) is 18.7 Å². The monoisotopic (exact) mass is 372 g/mol. The second-order valence-corrected chi connectivity index (χ2v) is 7.60. The lowest BCUT2D eigenvalue weighted by Gasteiger charge is -2.29. The minimum atomic E-state index is -1.03. The molecule has 5 nitrogen and oxygen atoms in total. The number of hydrogen-bond acceptors (Lipinski definition) is 4. The van der Waals surface area contributed by atoms with Gasteiger partial charge in [-0.3, -0.25) is 9.69 Å². The molecule has 3 aromatic rings. The second kappa shape index (κ2) is 5.84. The van der Waals surface area contributed by atoms with Crippen molar-refractivity contribution in [1.82, 2.24) is 4.90 Å². The molecule has 0 spiro atoms. The average molecular weight is 372 g/mol. The summed E-state index contributed by atoms with van der Waals surface area (Å²) < 4.78 is 0. The molecule has 0 fully saturated rings. The van der Waals surface area contributed by atoms with Gasteiger partial charge in [0.05, 0.1) is 5.69 Å². The van der Waals surface area contributed by atoms with Gasteiger partial charge in [0.25, 0.3) is 0 Å². The number of carbonyl (C=O) groups excluding carboxylic acids is 1. The maximum Gasteiger partial charge on any atom is 0.244 e. The molecule has 5 rings (SSSR count). The third-order valence-electron chi connectivity index (χ3n) is 5.86. The van der Waals surface area contributed by atoms with Gasteiger partial charge in [-0.15, -0.1) is 0 Å². The SMILES string of the molecule is CN1Cc2ccc3c(c2C1)NC(=O)C3(c1ccc(O)cc1)c1ccc(O)cc1. The molecule has 5 heteroatoms. The van der Waals surface area contributed by atoms with Gasteiger partial charge in [-0.05, 0) is 53.6 Å². The lowest BCUT2D eigenvalue weighted by atomic mass is 9.70. The van der Waals surface area contributed by atoms with Crippen LogP contribution in [0.2, 0.25) is 0 Å². The van der Waals surface area contributed by atoms with Crippen LogP contribution in [-0.2, 0) is 23.3 Å². The molecule has 2 aliphatic heterocycles. The fraction of sp³-hybridized carbons (Fsp3) is 0.174. The number of amides is 1. The van der Waals surface area contributed by atoms with E-state index in [0.29, 0.717) is 0 Å². The molecule has 1 amide bonds. The number of phenols is 2. The Labute approximate surface area is 162 Å². The molecule has 3 N–H and O–H groups in total. The molecular formula is C23H20N2O3. The van der Waals surface area contributed by atoms with Gasteiger partial charge < -0.3 is 15.5 Å². The third kappa shape index (κ3) is 2.20. The van der Waals surface area contributed by atoms with Gasteiger partial charge in [-0.2, -0.15) is 0 Å². The molecular weight excluding hydrogens is 352 g/mol. The van der Waals surface area contributed by atoms with E-state index in [-0.39, 0.29) is 17.4 Å². The van der Waals surface area contributed by atoms with Crippen LogP contribution in [0.3, 0.4) is 0 Å². The summed E-state index contributed by atoms with van der Waals surface area (Å²) in [6, 6.07) is 17.7. The summed E-state index contributed by atoms with van der Waals surface area (Å²) in [5.74, 6) is 0.180. The number of phenolic OH excluding ortho intramolecular Hbond substituents is 2.